The third kappa shape index (κ3) is 3.54. The van der Waals surface area contributed by atoms with Crippen LogP contribution in [0.2, 0.25) is 0 Å². The van der Waals surface area contributed by atoms with Gasteiger partial charge in [-0.15, -0.1) is 0 Å². The van der Waals surface area contributed by atoms with Crippen molar-refractivity contribution in [3.63, 3.8) is 0 Å². The van der Waals surface area contributed by atoms with Gasteiger partial charge < -0.3 is 4.74 Å². The highest BCUT2D eigenvalue weighted by Gasteiger charge is 2.17. The second kappa shape index (κ2) is 5.82. The lowest BCUT2D eigenvalue weighted by atomic mass is 10.2. The number of rotatable bonds is 5. The normalized spacial score (nSPS) is 20.2. The first-order chi connectivity index (χ1) is 8.58. The molecule has 1 heterocycles. The van der Waals surface area contributed by atoms with Crippen LogP contribution in [-0.4, -0.2) is 27.7 Å². The van der Waals surface area contributed by atoms with Gasteiger partial charge in [-0.25, -0.2) is 13.1 Å². The Bertz CT molecular complexity index is 493. The number of nitrogens with one attached hydrogen (secondary N) is 1. The Hall–Kier alpha value is -0.910. The van der Waals surface area contributed by atoms with Crippen LogP contribution >= 0.6 is 0 Å². The fraction of sp³-hybridized carbons (Fsp3) is 0.538. The summed E-state index contributed by atoms with van der Waals surface area (Å²) in [5.74, 6) is 0. The SMILES string of the molecule is Cc1cccc(S(=O)(=O)NCCC2CCCO2)c1. The maximum absolute atomic E-state index is 12.0. The molecule has 18 heavy (non-hydrogen) atoms. The molecule has 1 unspecified atom stereocenters. The summed E-state index contributed by atoms with van der Waals surface area (Å²) in [6.07, 6.45) is 3.07. The summed E-state index contributed by atoms with van der Waals surface area (Å²) in [7, 11) is -3.38. The van der Waals surface area contributed by atoms with Crippen molar-refractivity contribution in [3.8, 4) is 0 Å². The van der Waals surface area contributed by atoms with Crippen LogP contribution < -0.4 is 4.72 Å². The van der Waals surface area contributed by atoms with Crippen LogP contribution in [-0.2, 0) is 14.8 Å². The van der Waals surface area contributed by atoms with Crippen LogP contribution in [0, 0.1) is 6.92 Å². The van der Waals surface area contributed by atoms with E-state index in [1.165, 1.54) is 0 Å². The molecule has 0 aromatic heterocycles. The van der Waals surface area contributed by atoms with Gasteiger partial charge in [0, 0.05) is 13.2 Å². The number of ether oxygens (including phenoxy) is 1. The Balaban J connectivity index is 1.90. The molecular formula is C13H19NO3S. The van der Waals surface area contributed by atoms with Crippen LogP contribution in [0.5, 0.6) is 0 Å². The molecule has 0 bridgehead atoms. The molecule has 0 saturated carbocycles. The average Bonchev–Trinajstić information content (AvgIpc) is 2.82. The minimum Gasteiger partial charge on any atom is -0.378 e. The molecule has 1 N–H and O–H groups in total. The van der Waals surface area contributed by atoms with Crippen molar-refractivity contribution in [3.05, 3.63) is 29.8 Å². The molecule has 0 radical (unpaired) electrons. The third-order valence-corrected chi connectivity index (χ3v) is 4.54. The standard InChI is InChI=1S/C13H19NO3S/c1-11-4-2-6-13(10-11)18(15,16)14-8-7-12-5-3-9-17-12/h2,4,6,10,12,14H,3,5,7-9H2,1H3. The topological polar surface area (TPSA) is 55.4 Å². The minimum absolute atomic E-state index is 0.213. The van der Waals surface area contributed by atoms with Crippen LogP contribution in [0.25, 0.3) is 0 Å². The Morgan fingerprint density at radius 3 is 2.94 bits per heavy atom. The van der Waals surface area contributed by atoms with E-state index in [0.717, 1.165) is 31.4 Å². The molecule has 1 aromatic carbocycles. The van der Waals surface area contributed by atoms with Crippen LogP contribution in [0.15, 0.2) is 29.2 Å². The molecule has 5 heteroatoms. The molecule has 2 rings (SSSR count). The molecule has 0 spiro atoms. The smallest absolute Gasteiger partial charge is 0.240 e. The van der Waals surface area contributed by atoms with Crippen LogP contribution in [0.1, 0.15) is 24.8 Å². The van der Waals surface area contributed by atoms with Gasteiger partial charge >= 0.3 is 0 Å². The van der Waals surface area contributed by atoms with Crippen molar-refractivity contribution >= 4 is 10.0 Å². The average molecular weight is 269 g/mol. The van der Waals surface area contributed by atoms with E-state index < -0.39 is 10.0 Å². The molecule has 1 aliphatic heterocycles. The molecule has 0 aliphatic carbocycles. The van der Waals surface area contributed by atoms with E-state index in [0.29, 0.717) is 11.4 Å². The van der Waals surface area contributed by atoms with E-state index in [9.17, 15) is 8.42 Å². The number of hydrogen-bond acceptors (Lipinski definition) is 3. The third-order valence-electron chi connectivity index (χ3n) is 3.08. The number of aryl methyl sites for hydroxylation is 1. The second-order valence-electron chi connectivity index (χ2n) is 4.64. The first-order valence-electron chi connectivity index (χ1n) is 6.26. The minimum atomic E-state index is -3.38. The summed E-state index contributed by atoms with van der Waals surface area (Å²) in [6, 6.07) is 6.92. The van der Waals surface area contributed by atoms with Gasteiger partial charge in [-0.3, -0.25) is 0 Å². The summed E-state index contributed by atoms with van der Waals surface area (Å²) in [5, 5.41) is 0. The fourth-order valence-electron chi connectivity index (χ4n) is 2.09. The molecule has 4 nitrogen and oxygen atoms in total. The first-order valence-corrected chi connectivity index (χ1v) is 7.74. The maximum atomic E-state index is 12.0. The van der Waals surface area contributed by atoms with Crippen molar-refractivity contribution in [2.45, 2.75) is 37.2 Å². The highest BCUT2D eigenvalue weighted by Crippen LogP contribution is 2.15. The molecule has 1 fully saturated rings. The zero-order valence-electron chi connectivity index (χ0n) is 10.6. The molecule has 1 saturated heterocycles. The number of sulfonamides is 1. The fourth-order valence-corrected chi connectivity index (χ4v) is 3.24. The van der Waals surface area contributed by atoms with Gasteiger partial charge in [-0.1, -0.05) is 12.1 Å². The summed E-state index contributed by atoms with van der Waals surface area (Å²) in [5.41, 5.74) is 0.942. The van der Waals surface area contributed by atoms with Crippen molar-refractivity contribution in [2.24, 2.45) is 0 Å². The van der Waals surface area contributed by atoms with E-state index >= 15 is 0 Å². The van der Waals surface area contributed by atoms with Crippen molar-refractivity contribution in [1.29, 1.82) is 0 Å². The van der Waals surface area contributed by atoms with Gasteiger partial charge in [0.2, 0.25) is 10.0 Å². The predicted octanol–water partition coefficient (Wildman–Crippen LogP) is 1.84. The molecular weight excluding hydrogens is 250 g/mol. The quantitative estimate of drug-likeness (QED) is 0.887. The zero-order valence-corrected chi connectivity index (χ0v) is 11.4. The Kier molecular flexibility index (Phi) is 4.37. The van der Waals surface area contributed by atoms with E-state index in [1.807, 2.05) is 13.0 Å². The Labute approximate surface area is 108 Å². The Morgan fingerprint density at radius 1 is 1.44 bits per heavy atom. The monoisotopic (exact) mass is 269 g/mol. The van der Waals surface area contributed by atoms with E-state index in [-0.39, 0.29) is 6.10 Å². The lowest BCUT2D eigenvalue weighted by Crippen LogP contribution is -2.27. The van der Waals surface area contributed by atoms with Gasteiger partial charge in [0.05, 0.1) is 11.0 Å². The lowest BCUT2D eigenvalue weighted by Gasteiger charge is -2.10. The molecule has 1 aliphatic rings. The van der Waals surface area contributed by atoms with Crippen molar-refractivity contribution < 1.29 is 13.2 Å². The van der Waals surface area contributed by atoms with Gasteiger partial charge in [-0.2, -0.15) is 0 Å². The highest BCUT2D eigenvalue weighted by molar-refractivity contribution is 7.89. The zero-order chi connectivity index (χ0) is 13.0. The molecule has 100 valence electrons. The van der Waals surface area contributed by atoms with Gasteiger partial charge in [-0.05, 0) is 43.9 Å². The summed E-state index contributed by atoms with van der Waals surface area (Å²) < 4.78 is 32.1. The van der Waals surface area contributed by atoms with Crippen molar-refractivity contribution in [2.75, 3.05) is 13.2 Å². The summed E-state index contributed by atoms with van der Waals surface area (Å²) in [6.45, 7) is 3.11. The van der Waals surface area contributed by atoms with E-state index in [2.05, 4.69) is 4.72 Å². The van der Waals surface area contributed by atoms with E-state index in [4.69, 9.17) is 4.74 Å². The predicted molar refractivity (Wildman–Crippen MR) is 70.0 cm³/mol. The molecule has 1 atom stereocenters. The lowest BCUT2D eigenvalue weighted by molar-refractivity contribution is 0.105. The highest BCUT2D eigenvalue weighted by atomic mass is 32.2. The number of benzene rings is 1. The maximum Gasteiger partial charge on any atom is 0.240 e. The molecule has 1 aromatic rings. The van der Waals surface area contributed by atoms with Gasteiger partial charge in [0.1, 0.15) is 0 Å². The second-order valence-corrected chi connectivity index (χ2v) is 6.40. The van der Waals surface area contributed by atoms with Gasteiger partial charge in [0.25, 0.3) is 0 Å². The van der Waals surface area contributed by atoms with E-state index in [1.54, 1.807) is 18.2 Å². The molecule has 0 amide bonds. The Morgan fingerprint density at radius 2 is 2.28 bits per heavy atom. The van der Waals surface area contributed by atoms with Crippen molar-refractivity contribution in [1.82, 2.24) is 4.72 Å². The number of hydrogen-bond donors (Lipinski definition) is 1. The van der Waals surface area contributed by atoms with Gasteiger partial charge in [0.15, 0.2) is 0 Å². The van der Waals surface area contributed by atoms with Crippen LogP contribution in [0.3, 0.4) is 0 Å². The summed E-state index contributed by atoms with van der Waals surface area (Å²) >= 11 is 0. The summed E-state index contributed by atoms with van der Waals surface area (Å²) in [4.78, 5) is 0.329. The first kappa shape index (κ1) is 13.5. The van der Waals surface area contributed by atoms with Crippen LogP contribution in [0.4, 0.5) is 0 Å². The largest absolute Gasteiger partial charge is 0.378 e.